The summed E-state index contributed by atoms with van der Waals surface area (Å²) in [4.78, 5) is 14.5. The molecule has 9 heteroatoms. The van der Waals surface area contributed by atoms with Gasteiger partial charge in [0, 0.05) is 39.1 Å². The number of methoxy groups -OCH3 is 1. The van der Waals surface area contributed by atoms with Crippen LogP contribution >= 0.6 is 0 Å². The summed E-state index contributed by atoms with van der Waals surface area (Å²) in [6.07, 6.45) is 6.58. The van der Waals surface area contributed by atoms with E-state index in [1.54, 1.807) is 21.0 Å². The molecule has 2 heterocycles. The van der Waals surface area contributed by atoms with E-state index < -0.39 is 29.9 Å². The first-order valence-electron chi connectivity index (χ1n) is 19.9. The number of rotatable bonds is 8. The molecule has 7 aliphatic rings. The van der Waals surface area contributed by atoms with Crippen molar-refractivity contribution in [2.45, 2.75) is 169 Å². The lowest BCUT2D eigenvalue weighted by molar-refractivity contribution is -0.250. The minimum Gasteiger partial charge on any atom is -0.457 e. The van der Waals surface area contributed by atoms with E-state index in [-0.39, 0.29) is 57.6 Å². The van der Waals surface area contributed by atoms with Gasteiger partial charge in [-0.25, -0.2) is 0 Å². The number of esters is 1. The highest BCUT2D eigenvalue weighted by molar-refractivity contribution is 5.66. The molecule has 0 amide bonds. The maximum Gasteiger partial charge on any atom is 0.303 e. The maximum absolute atomic E-state index is 12.6. The standard InChI is InChI=1S/C41H69NO8/c1-24-20-26(34(37(7,8)45)48-25(2)43)49-32-31(24)38(9)16-17-41-22-40(41)15-14-29(50-30-21-42(18-19-47-30)23-35(3,4)46-11)36(5,6)27(40)12-13-28(41)39(38,10)33(32)44/h24,26-34,44-45H,12-23H2,1-11H3/t24-,26?,27+,28?,29?,30?,31?,32?,33+,34?,38?,39-,40?,41?/m1/s1. The quantitative estimate of drug-likeness (QED) is 0.296. The van der Waals surface area contributed by atoms with Crippen molar-refractivity contribution in [2.75, 3.05) is 33.4 Å². The zero-order valence-corrected chi connectivity index (χ0v) is 33.0. The van der Waals surface area contributed by atoms with Gasteiger partial charge in [-0.05, 0) is 124 Å². The monoisotopic (exact) mass is 704 g/mol. The predicted octanol–water partition coefficient (Wildman–Crippen LogP) is 5.97. The van der Waals surface area contributed by atoms with Crippen molar-refractivity contribution in [1.82, 2.24) is 4.90 Å². The number of carbonyl (C=O) groups excluding carboxylic acids is 1. The van der Waals surface area contributed by atoms with Gasteiger partial charge in [-0.1, -0.05) is 34.6 Å². The van der Waals surface area contributed by atoms with Crippen LogP contribution in [0.4, 0.5) is 0 Å². The number of ether oxygens (including phenoxy) is 5. The Morgan fingerprint density at radius 1 is 1.02 bits per heavy atom. The molecule has 7 rings (SSSR count). The molecule has 2 saturated heterocycles. The summed E-state index contributed by atoms with van der Waals surface area (Å²) < 4.78 is 31.5. The Hall–Kier alpha value is -0.810. The minimum absolute atomic E-state index is 0.0295. The number of hydrogen-bond acceptors (Lipinski definition) is 9. The van der Waals surface area contributed by atoms with Crippen molar-refractivity contribution in [2.24, 2.45) is 50.7 Å². The molecule has 0 radical (unpaired) electrons. The molecule has 9 nitrogen and oxygen atoms in total. The van der Waals surface area contributed by atoms with Crippen LogP contribution in [0.1, 0.15) is 121 Å². The molecule has 0 aromatic carbocycles. The second kappa shape index (κ2) is 12.1. The lowest BCUT2D eigenvalue weighted by atomic mass is 9.41. The molecule has 0 aromatic rings. The summed E-state index contributed by atoms with van der Waals surface area (Å²) in [6.45, 7) is 24.4. The van der Waals surface area contributed by atoms with Crippen LogP contribution in [-0.4, -0.2) is 102 Å². The van der Waals surface area contributed by atoms with E-state index >= 15 is 0 Å². The topological polar surface area (TPSA) is 107 Å². The zero-order valence-electron chi connectivity index (χ0n) is 33.0. The minimum atomic E-state index is -1.26. The number of hydrogen-bond donors (Lipinski definition) is 2. The van der Waals surface area contributed by atoms with Gasteiger partial charge in [0.2, 0.25) is 0 Å². The molecule has 0 bridgehead atoms. The van der Waals surface area contributed by atoms with E-state index in [0.29, 0.717) is 30.3 Å². The molecule has 7 fully saturated rings. The first-order chi connectivity index (χ1) is 23.2. The average molecular weight is 704 g/mol. The first kappa shape index (κ1) is 37.5. The summed E-state index contributed by atoms with van der Waals surface area (Å²) in [7, 11) is 1.79. The Kier molecular flexibility index (Phi) is 9.07. The second-order valence-electron chi connectivity index (χ2n) is 20.4. The van der Waals surface area contributed by atoms with Crippen molar-refractivity contribution in [1.29, 1.82) is 0 Å². The molecule has 14 atom stereocenters. The largest absolute Gasteiger partial charge is 0.457 e. The van der Waals surface area contributed by atoms with E-state index in [1.807, 2.05) is 0 Å². The fourth-order valence-electron chi connectivity index (χ4n) is 14.3. The molecule has 10 unspecified atom stereocenters. The second-order valence-corrected chi connectivity index (χ2v) is 20.4. The number of aliphatic hydroxyl groups excluding tert-OH is 1. The highest BCUT2D eigenvalue weighted by Gasteiger charge is 2.84. The van der Waals surface area contributed by atoms with Gasteiger partial charge in [0.1, 0.15) is 0 Å². The SMILES string of the molecule is COC(C)(C)CN1CCOC(OC2CCC34CC35CCC3(C)C6C(OC(C(OC(C)=O)C(C)(C)O)C[C@H]6C)[C@H](O)[C@@]3(C)C5CC[C@H]4C2(C)C)C1. The van der Waals surface area contributed by atoms with Gasteiger partial charge in [-0.15, -0.1) is 0 Å². The van der Waals surface area contributed by atoms with Crippen LogP contribution in [0.15, 0.2) is 0 Å². The number of aliphatic hydroxyl groups is 2. The summed E-state index contributed by atoms with van der Waals surface area (Å²) in [6, 6.07) is 0. The summed E-state index contributed by atoms with van der Waals surface area (Å²) in [5, 5.41) is 23.7. The Labute approximate surface area is 301 Å². The summed E-state index contributed by atoms with van der Waals surface area (Å²) >= 11 is 0. The Bertz CT molecular complexity index is 1310. The molecule has 286 valence electrons. The van der Waals surface area contributed by atoms with E-state index in [0.717, 1.165) is 38.9 Å². The van der Waals surface area contributed by atoms with Crippen LogP contribution in [0.5, 0.6) is 0 Å². The van der Waals surface area contributed by atoms with Crippen molar-refractivity contribution in [3.05, 3.63) is 0 Å². The third kappa shape index (κ3) is 5.35. The van der Waals surface area contributed by atoms with Crippen molar-refractivity contribution < 1.29 is 38.7 Å². The van der Waals surface area contributed by atoms with Gasteiger partial charge in [0.25, 0.3) is 0 Å². The first-order valence-corrected chi connectivity index (χ1v) is 19.9. The van der Waals surface area contributed by atoms with Crippen LogP contribution in [0, 0.1) is 50.7 Å². The molecule has 2 aliphatic heterocycles. The Morgan fingerprint density at radius 3 is 2.36 bits per heavy atom. The van der Waals surface area contributed by atoms with Crippen molar-refractivity contribution in [3.63, 3.8) is 0 Å². The smallest absolute Gasteiger partial charge is 0.303 e. The van der Waals surface area contributed by atoms with Crippen LogP contribution in [0.3, 0.4) is 0 Å². The number of morpholine rings is 1. The Morgan fingerprint density at radius 2 is 1.70 bits per heavy atom. The molecule has 5 saturated carbocycles. The Balaban J connectivity index is 1.10. The molecule has 2 spiro atoms. The van der Waals surface area contributed by atoms with Crippen molar-refractivity contribution in [3.8, 4) is 0 Å². The van der Waals surface area contributed by atoms with Gasteiger partial charge in [0.15, 0.2) is 12.4 Å². The van der Waals surface area contributed by atoms with Crippen LogP contribution in [0.25, 0.3) is 0 Å². The highest BCUT2D eigenvalue weighted by atomic mass is 16.7. The van der Waals surface area contributed by atoms with E-state index in [1.165, 1.54) is 32.6 Å². The lowest BCUT2D eigenvalue weighted by Gasteiger charge is -2.64. The zero-order chi connectivity index (χ0) is 36.4. The number of carbonyl (C=O) groups is 1. The van der Waals surface area contributed by atoms with E-state index in [4.69, 9.17) is 23.7 Å². The van der Waals surface area contributed by atoms with Crippen LogP contribution < -0.4 is 0 Å². The molecule has 5 aliphatic carbocycles. The lowest BCUT2D eigenvalue weighted by Crippen LogP contribution is -2.60. The van der Waals surface area contributed by atoms with Crippen molar-refractivity contribution >= 4 is 5.97 Å². The van der Waals surface area contributed by atoms with Crippen LogP contribution in [-0.2, 0) is 28.5 Å². The maximum atomic E-state index is 12.6. The normalized spacial score (nSPS) is 49.1. The predicted molar refractivity (Wildman–Crippen MR) is 190 cm³/mol. The summed E-state index contributed by atoms with van der Waals surface area (Å²) in [5.41, 5.74) is -1.22. The average Bonchev–Trinajstić information content (AvgIpc) is 3.65. The molecular formula is C41H69NO8. The van der Waals surface area contributed by atoms with Gasteiger partial charge in [0.05, 0.1) is 42.2 Å². The molecule has 50 heavy (non-hydrogen) atoms. The third-order valence-electron chi connectivity index (χ3n) is 16.7. The molecule has 2 N–H and O–H groups in total. The third-order valence-corrected chi connectivity index (χ3v) is 16.7. The van der Waals surface area contributed by atoms with Gasteiger partial charge in [-0.3, -0.25) is 9.69 Å². The van der Waals surface area contributed by atoms with Gasteiger partial charge in [-0.2, -0.15) is 0 Å². The summed E-state index contributed by atoms with van der Waals surface area (Å²) in [5.74, 6) is 1.08. The van der Waals surface area contributed by atoms with Gasteiger partial charge >= 0.3 is 5.97 Å². The highest BCUT2D eigenvalue weighted by Crippen LogP contribution is 2.89. The number of nitrogens with zero attached hydrogens (tertiary/aromatic N) is 1. The fraction of sp³-hybridized carbons (Fsp3) is 0.976. The fourth-order valence-corrected chi connectivity index (χ4v) is 14.3. The number of fused-ring (bicyclic) bond motifs is 4. The van der Waals surface area contributed by atoms with Gasteiger partial charge < -0.3 is 33.9 Å². The van der Waals surface area contributed by atoms with Crippen LogP contribution in [0.2, 0.25) is 0 Å². The van der Waals surface area contributed by atoms with E-state index in [2.05, 4.69) is 53.4 Å². The molecular weight excluding hydrogens is 634 g/mol. The van der Waals surface area contributed by atoms with E-state index in [9.17, 15) is 15.0 Å². The molecule has 0 aromatic heterocycles.